The highest BCUT2D eigenvalue weighted by molar-refractivity contribution is 7.80. The number of hydrogen-bond donors (Lipinski definition) is 1. The van der Waals surface area contributed by atoms with Gasteiger partial charge in [-0.25, -0.2) is 4.98 Å². The fraction of sp³-hybridized carbons (Fsp3) is 0.222. The van der Waals surface area contributed by atoms with E-state index in [0.717, 1.165) is 12.2 Å². The van der Waals surface area contributed by atoms with Gasteiger partial charge in [-0.1, -0.05) is 35.0 Å². The molecule has 0 bridgehead atoms. The van der Waals surface area contributed by atoms with Gasteiger partial charge in [0, 0.05) is 18.4 Å². The van der Waals surface area contributed by atoms with Crippen LogP contribution in [0.15, 0.2) is 12.3 Å². The summed E-state index contributed by atoms with van der Waals surface area (Å²) in [6.07, 6.45) is 2.22. The lowest BCUT2D eigenvalue weighted by Gasteiger charge is -1.94. The lowest BCUT2D eigenvalue weighted by atomic mass is 10.3. The maximum atomic E-state index is 5.78. The van der Waals surface area contributed by atoms with E-state index >= 15 is 0 Å². The summed E-state index contributed by atoms with van der Waals surface area (Å²) < 4.78 is 0. The van der Waals surface area contributed by atoms with Crippen LogP contribution in [0.4, 0.5) is 0 Å². The second-order valence-corrected chi connectivity index (χ2v) is 3.51. The van der Waals surface area contributed by atoms with Crippen LogP contribution >= 0.6 is 35.8 Å². The largest absolute Gasteiger partial charge is 0.242 e. The van der Waals surface area contributed by atoms with E-state index in [1.54, 1.807) is 6.07 Å². The zero-order valence-electron chi connectivity index (χ0n) is 6.72. The molecule has 0 saturated heterocycles. The van der Waals surface area contributed by atoms with Crippen LogP contribution in [-0.2, 0) is 0 Å². The minimum atomic E-state index is 0.385. The van der Waals surface area contributed by atoms with Crippen LogP contribution in [0.5, 0.6) is 0 Å². The van der Waals surface area contributed by atoms with Crippen LogP contribution < -0.4 is 0 Å². The van der Waals surface area contributed by atoms with E-state index in [9.17, 15) is 0 Å². The van der Waals surface area contributed by atoms with E-state index < -0.39 is 0 Å². The predicted octanol–water partition coefficient (Wildman–Crippen LogP) is 3.06. The third kappa shape index (κ3) is 3.48. The molecular formula is C9H7Cl2NS. The topological polar surface area (TPSA) is 12.9 Å². The summed E-state index contributed by atoms with van der Waals surface area (Å²) in [7, 11) is 0. The van der Waals surface area contributed by atoms with Crippen LogP contribution in [-0.4, -0.2) is 10.7 Å². The summed E-state index contributed by atoms with van der Waals surface area (Å²) >= 11 is 15.5. The van der Waals surface area contributed by atoms with Gasteiger partial charge in [0.1, 0.15) is 5.15 Å². The van der Waals surface area contributed by atoms with Crippen LogP contribution in [0.1, 0.15) is 12.0 Å². The van der Waals surface area contributed by atoms with Gasteiger partial charge in [-0.15, -0.1) is 0 Å². The minimum absolute atomic E-state index is 0.385. The summed E-state index contributed by atoms with van der Waals surface area (Å²) in [5, 5.41) is 0.927. The Labute approximate surface area is 92.9 Å². The number of nitrogens with zero attached hydrogens (tertiary/aromatic N) is 1. The molecule has 0 radical (unpaired) electrons. The average molecular weight is 232 g/mol. The Morgan fingerprint density at radius 2 is 2.23 bits per heavy atom. The molecule has 13 heavy (non-hydrogen) atoms. The Morgan fingerprint density at radius 1 is 1.46 bits per heavy atom. The molecule has 0 spiro atoms. The second-order valence-electron chi connectivity index (χ2n) is 2.27. The number of halogens is 2. The molecule has 1 heterocycles. The fourth-order valence-corrected chi connectivity index (χ4v) is 1.14. The van der Waals surface area contributed by atoms with Crippen molar-refractivity contribution in [3.8, 4) is 11.8 Å². The van der Waals surface area contributed by atoms with Gasteiger partial charge < -0.3 is 0 Å². The fourth-order valence-electron chi connectivity index (χ4n) is 0.724. The zero-order chi connectivity index (χ0) is 9.68. The van der Waals surface area contributed by atoms with E-state index in [1.807, 2.05) is 0 Å². The van der Waals surface area contributed by atoms with Gasteiger partial charge in [-0.2, -0.15) is 12.6 Å². The van der Waals surface area contributed by atoms with Crippen LogP contribution in [0.3, 0.4) is 0 Å². The number of rotatable bonds is 1. The summed E-state index contributed by atoms with van der Waals surface area (Å²) in [6, 6.07) is 1.70. The van der Waals surface area contributed by atoms with Gasteiger partial charge in [0.25, 0.3) is 0 Å². The summed E-state index contributed by atoms with van der Waals surface area (Å²) in [4.78, 5) is 3.87. The van der Waals surface area contributed by atoms with Gasteiger partial charge in [0.15, 0.2) is 0 Å². The van der Waals surface area contributed by atoms with Crippen molar-refractivity contribution in [1.29, 1.82) is 0 Å². The molecule has 0 saturated carbocycles. The Balaban J connectivity index is 2.89. The van der Waals surface area contributed by atoms with Crippen molar-refractivity contribution in [2.75, 3.05) is 5.75 Å². The van der Waals surface area contributed by atoms with Crippen LogP contribution in [0.25, 0.3) is 0 Å². The standard InChI is InChI=1S/C9H7Cl2NS/c10-8-5-7(3-1-2-4-13)9(11)12-6-8/h5-6,13H,2,4H2. The van der Waals surface area contributed by atoms with Gasteiger partial charge >= 0.3 is 0 Å². The normalized spacial score (nSPS) is 9.15. The molecule has 4 heteroatoms. The molecule has 0 aliphatic heterocycles. The van der Waals surface area contributed by atoms with Crippen molar-refractivity contribution in [2.24, 2.45) is 0 Å². The molecule has 0 aliphatic carbocycles. The molecule has 0 unspecified atom stereocenters. The van der Waals surface area contributed by atoms with Crippen LogP contribution in [0, 0.1) is 11.8 Å². The molecule has 0 aromatic carbocycles. The van der Waals surface area contributed by atoms with Crippen molar-refractivity contribution >= 4 is 35.8 Å². The summed E-state index contributed by atoms with van der Waals surface area (Å²) in [6.45, 7) is 0. The number of aromatic nitrogens is 1. The minimum Gasteiger partial charge on any atom is -0.242 e. The first-order chi connectivity index (χ1) is 6.24. The molecule has 1 rings (SSSR count). The highest BCUT2D eigenvalue weighted by Gasteiger charge is 1.98. The molecule has 68 valence electrons. The number of hydrogen-bond acceptors (Lipinski definition) is 2. The molecule has 0 fully saturated rings. The van der Waals surface area contributed by atoms with Crippen molar-refractivity contribution < 1.29 is 0 Å². The Morgan fingerprint density at radius 3 is 2.92 bits per heavy atom. The summed E-state index contributed by atoms with van der Waals surface area (Å²) in [5.74, 6) is 6.52. The monoisotopic (exact) mass is 231 g/mol. The molecule has 0 N–H and O–H groups in total. The molecule has 0 amide bonds. The van der Waals surface area contributed by atoms with Crippen molar-refractivity contribution in [1.82, 2.24) is 4.98 Å². The van der Waals surface area contributed by atoms with E-state index in [1.165, 1.54) is 6.20 Å². The highest BCUT2D eigenvalue weighted by atomic mass is 35.5. The molecule has 1 nitrogen and oxygen atoms in total. The lowest BCUT2D eigenvalue weighted by Crippen LogP contribution is -1.82. The van der Waals surface area contributed by atoms with E-state index in [4.69, 9.17) is 23.2 Å². The predicted molar refractivity (Wildman–Crippen MR) is 59.6 cm³/mol. The molecular weight excluding hydrogens is 225 g/mol. The Bertz CT molecular complexity index is 354. The van der Waals surface area contributed by atoms with Gasteiger partial charge in [-0.05, 0) is 6.07 Å². The first kappa shape index (κ1) is 10.7. The third-order valence-corrected chi connectivity index (χ3v) is 2.00. The molecule has 1 aromatic heterocycles. The maximum Gasteiger partial charge on any atom is 0.144 e. The van der Waals surface area contributed by atoms with Crippen LogP contribution in [0.2, 0.25) is 10.2 Å². The van der Waals surface area contributed by atoms with E-state index in [2.05, 4.69) is 29.5 Å². The molecule has 1 aromatic rings. The maximum absolute atomic E-state index is 5.78. The van der Waals surface area contributed by atoms with Crippen molar-refractivity contribution in [3.05, 3.63) is 28.0 Å². The Hall–Kier alpha value is -0.360. The molecule has 0 aliphatic rings. The smallest absolute Gasteiger partial charge is 0.144 e. The van der Waals surface area contributed by atoms with Gasteiger partial charge in [0.05, 0.1) is 10.6 Å². The third-order valence-electron chi connectivity index (χ3n) is 1.27. The number of thiol groups is 1. The SMILES string of the molecule is SCCC#Cc1cc(Cl)cnc1Cl. The average Bonchev–Trinajstić information content (AvgIpc) is 2.11. The van der Waals surface area contributed by atoms with Gasteiger partial charge in [0.2, 0.25) is 0 Å². The zero-order valence-corrected chi connectivity index (χ0v) is 9.13. The highest BCUT2D eigenvalue weighted by Crippen LogP contribution is 2.16. The summed E-state index contributed by atoms with van der Waals surface area (Å²) in [5.41, 5.74) is 0.663. The Kier molecular flexibility index (Phi) is 4.44. The first-order valence-electron chi connectivity index (χ1n) is 3.65. The van der Waals surface area contributed by atoms with Gasteiger partial charge in [-0.3, -0.25) is 0 Å². The molecule has 0 atom stereocenters. The second kappa shape index (κ2) is 5.39. The lowest BCUT2D eigenvalue weighted by molar-refractivity contribution is 1.29. The van der Waals surface area contributed by atoms with E-state index in [-0.39, 0.29) is 0 Å². The first-order valence-corrected chi connectivity index (χ1v) is 5.03. The van der Waals surface area contributed by atoms with Crippen molar-refractivity contribution in [3.63, 3.8) is 0 Å². The quantitative estimate of drug-likeness (QED) is 0.446. The van der Waals surface area contributed by atoms with E-state index in [0.29, 0.717) is 15.7 Å². The van der Waals surface area contributed by atoms with Crippen molar-refractivity contribution in [2.45, 2.75) is 6.42 Å². The number of pyridine rings is 1.